The number of aryl methyl sites for hydroxylation is 1. The summed E-state index contributed by atoms with van der Waals surface area (Å²) in [6.45, 7) is 4.22. The number of nitriles is 1. The van der Waals surface area contributed by atoms with Crippen molar-refractivity contribution in [3.63, 3.8) is 0 Å². The van der Waals surface area contributed by atoms with E-state index < -0.39 is 0 Å². The van der Waals surface area contributed by atoms with E-state index >= 15 is 0 Å². The van der Waals surface area contributed by atoms with Crippen molar-refractivity contribution in [1.29, 1.82) is 5.26 Å². The minimum absolute atomic E-state index is 0.358. The van der Waals surface area contributed by atoms with Crippen LogP contribution in [0.5, 0.6) is 0 Å². The number of hydrogen-bond donors (Lipinski definition) is 0. The molecule has 0 bridgehead atoms. The molecule has 4 aliphatic rings. The number of hydrogen-bond acceptors (Lipinski definition) is 3. The monoisotopic (exact) mass is 550 g/mol. The van der Waals surface area contributed by atoms with E-state index in [1.807, 2.05) is 23.9 Å². The molecule has 8 rings (SSSR count). The molecule has 0 saturated carbocycles. The lowest BCUT2D eigenvalue weighted by atomic mass is 9.83. The second-order valence-corrected chi connectivity index (χ2v) is 12.6. The zero-order valence-corrected chi connectivity index (χ0v) is 24.1. The van der Waals surface area contributed by atoms with Gasteiger partial charge in [-0.05, 0) is 86.6 Å². The number of thioether (sulfide) groups is 1. The van der Waals surface area contributed by atoms with E-state index in [1.54, 1.807) is 5.57 Å². The van der Waals surface area contributed by atoms with Gasteiger partial charge in [-0.2, -0.15) is 5.26 Å². The Morgan fingerprint density at radius 3 is 2.80 bits per heavy atom. The fourth-order valence-electron chi connectivity index (χ4n) is 7.25. The van der Waals surface area contributed by atoms with Crippen LogP contribution in [-0.4, -0.2) is 4.57 Å². The van der Waals surface area contributed by atoms with E-state index in [9.17, 15) is 5.26 Å². The number of benzene rings is 2. The maximum atomic E-state index is 10.4. The van der Waals surface area contributed by atoms with Crippen molar-refractivity contribution in [2.45, 2.75) is 44.8 Å². The van der Waals surface area contributed by atoms with Crippen LogP contribution in [0.2, 0.25) is 0 Å². The summed E-state index contributed by atoms with van der Waals surface area (Å²) in [5, 5.41) is 12.0. The smallest absolute Gasteiger partial charge is 0.130 e. The van der Waals surface area contributed by atoms with Gasteiger partial charge >= 0.3 is 0 Å². The van der Waals surface area contributed by atoms with Gasteiger partial charge in [0.2, 0.25) is 0 Å². The molecule has 4 aromatic rings. The molecule has 0 spiro atoms. The Labute approximate surface area is 244 Å². The Balaban J connectivity index is 1.35. The van der Waals surface area contributed by atoms with Crippen LogP contribution < -0.4 is 0 Å². The summed E-state index contributed by atoms with van der Waals surface area (Å²) in [5.41, 5.74) is 11.6. The number of rotatable bonds is 3. The van der Waals surface area contributed by atoms with Gasteiger partial charge in [0.1, 0.15) is 17.6 Å². The zero-order valence-electron chi connectivity index (χ0n) is 23.3. The van der Waals surface area contributed by atoms with E-state index in [0.717, 1.165) is 59.5 Å². The maximum Gasteiger partial charge on any atom is 0.130 e. The first-order valence-corrected chi connectivity index (χ1v) is 15.4. The van der Waals surface area contributed by atoms with Crippen molar-refractivity contribution in [3.8, 4) is 11.8 Å². The predicted molar refractivity (Wildman–Crippen MR) is 171 cm³/mol. The second kappa shape index (κ2) is 9.43. The van der Waals surface area contributed by atoms with Crippen molar-refractivity contribution >= 4 is 46.5 Å². The third kappa shape index (κ3) is 3.65. The Bertz CT molecular complexity index is 1970. The summed E-state index contributed by atoms with van der Waals surface area (Å²) >= 11 is 2.02. The Morgan fingerprint density at radius 2 is 1.90 bits per heavy atom. The highest BCUT2D eigenvalue weighted by Crippen LogP contribution is 2.59. The predicted octanol–water partition coefficient (Wildman–Crippen LogP) is 9.96. The molecule has 200 valence electrons. The first kappa shape index (κ1) is 24.6. The fraction of sp³-hybridized carbons (Fsp3) is 0.216. The molecule has 0 fully saturated rings. The van der Waals surface area contributed by atoms with Crippen molar-refractivity contribution in [1.82, 2.24) is 4.57 Å². The van der Waals surface area contributed by atoms with E-state index in [-0.39, 0.29) is 0 Å². The van der Waals surface area contributed by atoms with Crippen LogP contribution in [0.1, 0.15) is 76.5 Å². The number of para-hydroxylation sites is 2. The molecule has 4 heteroatoms. The third-order valence-electron chi connectivity index (χ3n) is 9.11. The molecular weight excluding hydrogens is 520 g/mol. The average Bonchev–Trinajstić information content (AvgIpc) is 3.65. The largest absolute Gasteiger partial charge is 0.461 e. The van der Waals surface area contributed by atoms with Gasteiger partial charge in [0, 0.05) is 38.1 Å². The van der Waals surface area contributed by atoms with Crippen LogP contribution in [0.15, 0.2) is 81.7 Å². The van der Waals surface area contributed by atoms with Gasteiger partial charge in [-0.1, -0.05) is 54.6 Å². The third-order valence-corrected chi connectivity index (χ3v) is 10.5. The summed E-state index contributed by atoms with van der Waals surface area (Å²) in [7, 11) is 0. The average molecular weight is 551 g/mol. The van der Waals surface area contributed by atoms with Gasteiger partial charge < -0.3 is 8.98 Å². The summed E-state index contributed by atoms with van der Waals surface area (Å²) < 4.78 is 8.48. The van der Waals surface area contributed by atoms with Crippen molar-refractivity contribution in [2.24, 2.45) is 5.92 Å². The Morgan fingerprint density at radius 1 is 1.05 bits per heavy atom. The second-order valence-electron chi connectivity index (χ2n) is 11.4. The molecule has 2 atom stereocenters. The number of fused-ring (bicyclic) bond motifs is 7. The first-order chi connectivity index (χ1) is 20.1. The van der Waals surface area contributed by atoms with Gasteiger partial charge in [0.15, 0.2) is 0 Å². The zero-order chi connectivity index (χ0) is 27.7. The Kier molecular flexibility index (Phi) is 5.66. The first-order valence-electron chi connectivity index (χ1n) is 14.5. The molecule has 0 amide bonds. The Hall–Kier alpha value is -4.20. The molecule has 0 N–H and O–H groups in total. The van der Waals surface area contributed by atoms with Gasteiger partial charge in [-0.3, -0.25) is 0 Å². The molecule has 0 radical (unpaired) electrons. The molecular formula is C37H30N2OS. The van der Waals surface area contributed by atoms with E-state index in [0.29, 0.717) is 16.7 Å². The van der Waals surface area contributed by atoms with Crippen LogP contribution in [0.25, 0.3) is 40.4 Å². The molecule has 3 aliphatic carbocycles. The molecule has 3 heterocycles. The quantitative estimate of drug-likeness (QED) is 0.255. The number of aromatic nitrogens is 1. The highest BCUT2D eigenvalue weighted by molar-refractivity contribution is 8.03. The van der Waals surface area contributed by atoms with Crippen LogP contribution >= 0.6 is 11.8 Å². The summed E-state index contributed by atoms with van der Waals surface area (Å²) in [6, 6.07) is 17.4. The van der Waals surface area contributed by atoms with Gasteiger partial charge in [0.25, 0.3) is 0 Å². The molecule has 41 heavy (non-hydrogen) atoms. The minimum Gasteiger partial charge on any atom is -0.461 e. The van der Waals surface area contributed by atoms with Gasteiger partial charge in [0.05, 0.1) is 22.5 Å². The van der Waals surface area contributed by atoms with Crippen molar-refractivity contribution in [3.05, 3.63) is 122 Å². The van der Waals surface area contributed by atoms with E-state index in [4.69, 9.17) is 4.42 Å². The molecule has 2 unspecified atom stereocenters. The van der Waals surface area contributed by atoms with Crippen LogP contribution in [0.3, 0.4) is 0 Å². The molecule has 3 nitrogen and oxygen atoms in total. The van der Waals surface area contributed by atoms with E-state index in [1.165, 1.54) is 32.7 Å². The van der Waals surface area contributed by atoms with Crippen LogP contribution in [0.4, 0.5) is 0 Å². The van der Waals surface area contributed by atoms with Gasteiger partial charge in [-0.15, -0.1) is 11.8 Å². The lowest BCUT2D eigenvalue weighted by Crippen LogP contribution is -2.12. The van der Waals surface area contributed by atoms with E-state index in [2.05, 4.69) is 97.3 Å². The fourth-order valence-corrected chi connectivity index (χ4v) is 8.86. The maximum absolute atomic E-state index is 10.4. The van der Waals surface area contributed by atoms with Gasteiger partial charge in [-0.25, -0.2) is 0 Å². The van der Waals surface area contributed by atoms with Crippen LogP contribution in [0, 0.1) is 24.2 Å². The number of nitrogens with zero attached hydrogens (tertiary/aromatic N) is 2. The molecule has 0 saturated heterocycles. The van der Waals surface area contributed by atoms with Crippen molar-refractivity contribution in [2.75, 3.05) is 0 Å². The van der Waals surface area contributed by atoms with Crippen molar-refractivity contribution < 1.29 is 4.42 Å². The summed E-state index contributed by atoms with van der Waals surface area (Å²) in [6.07, 6.45) is 20.2. The summed E-state index contributed by atoms with van der Waals surface area (Å²) in [4.78, 5) is 1.45. The normalized spacial score (nSPS) is 20.7. The minimum atomic E-state index is 0.358. The standard InChI is InChI=1S/C37H30N2OS/c1-22(20-30-23(2)40-33-16-7-4-11-26(30)33)25-14-9-10-24(21-38)36(25)39-31-15-6-3-13-29(31)35-32(39)19-18-28-27-12-5-8-17-34(27)41-37(28)35/h3,6-10,13-20,28,37H,4-5,11-12H2,1-2H3/b22-20+. The summed E-state index contributed by atoms with van der Waals surface area (Å²) in [5.74, 6) is 2.35. The number of allylic oxidation sites excluding steroid dienone is 6. The lowest BCUT2D eigenvalue weighted by Gasteiger charge is -2.25. The topological polar surface area (TPSA) is 41.9 Å². The lowest BCUT2D eigenvalue weighted by molar-refractivity contribution is 0.520. The molecule has 2 aromatic carbocycles. The molecule has 1 aliphatic heterocycles. The molecule has 2 aromatic heterocycles. The highest BCUT2D eigenvalue weighted by Gasteiger charge is 2.40. The SMILES string of the molecule is C/C(=C\c1c(C)oc2c1CCC=C2)c1cccc(C#N)c1-n1c2c(c3ccccc31)C1SC3=C(CCC=C3)C1C=C2. The number of furan rings is 1. The highest BCUT2D eigenvalue weighted by atomic mass is 32.2. The van der Waals surface area contributed by atoms with Crippen LogP contribution in [-0.2, 0) is 6.42 Å².